The third kappa shape index (κ3) is 3.52. The predicted molar refractivity (Wildman–Crippen MR) is 175 cm³/mol. The minimum absolute atomic E-state index is 0.0832. The van der Waals surface area contributed by atoms with Crippen molar-refractivity contribution in [3.05, 3.63) is 140 Å². The topological polar surface area (TPSA) is 122 Å². The Kier molecular flexibility index (Phi) is 6.15. The van der Waals surface area contributed by atoms with E-state index in [-0.39, 0.29) is 49.4 Å². The number of urea groups is 2. The summed E-state index contributed by atoms with van der Waals surface area (Å²) in [4.78, 5) is 61.9. The lowest BCUT2D eigenvalue weighted by Crippen LogP contribution is -2.62. The minimum atomic E-state index is -1.47. The van der Waals surface area contributed by atoms with Crippen LogP contribution >= 0.6 is 0 Å². The van der Waals surface area contributed by atoms with Crippen LogP contribution in [0.4, 0.5) is 9.59 Å². The van der Waals surface area contributed by atoms with E-state index in [1.165, 1.54) is 24.3 Å². The Balaban J connectivity index is 1.52. The molecule has 0 aliphatic carbocycles. The number of carbonyl (C=O) groups is 4. The van der Waals surface area contributed by atoms with E-state index in [2.05, 4.69) is 0 Å². The van der Waals surface area contributed by atoms with Crippen molar-refractivity contribution in [2.45, 2.75) is 65.2 Å². The Morgan fingerprint density at radius 1 is 0.479 bits per heavy atom. The van der Waals surface area contributed by atoms with Gasteiger partial charge >= 0.3 is 24.0 Å². The molecule has 10 heteroatoms. The van der Waals surface area contributed by atoms with Gasteiger partial charge in [0.05, 0.1) is 37.3 Å². The van der Waals surface area contributed by atoms with Crippen LogP contribution in [0.25, 0.3) is 0 Å². The highest BCUT2D eigenvalue weighted by Gasteiger charge is 2.80. The summed E-state index contributed by atoms with van der Waals surface area (Å²) in [6.45, 7) is 8.90. The van der Waals surface area contributed by atoms with Crippen LogP contribution in [0.15, 0.2) is 72.8 Å². The van der Waals surface area contributed by atoms with Crippen molar-refractivity contribution >= 4 is 24.0 Å². The van der Waals surface area contributed by atoms with E-state index in [0.717, 1.165) is 44.5 Å². The molecule has 4 aliphatic heterocycles. The number of nitrogens with zero attached hydrogens (tertiary/aromatic N) is 4. The third-order valence-electron chi connectivity index (χ3n) is 11.1. The van der Waals surface area contributed by atoms with Gasteiger partial charge in [0.25, 0.3) is 0 Å². The van der Waals surface area contributed by atoms with Crippen LogP contribution < -0.4 is 0 Å². The number of carbonyl (C=O) groups excluding carboxylic acids is 2. The second-order valence-electron chi connectivity index (χ2n) is 13.3. The molecule has 4 aromatic carbocycles. The maximum absolute atomic E-state index is 15.4. The quantitative estimate of drug-likeness (QED) is 0.273. The van der Waals surface area contributed by atoms with Crippen molar-refractivity contribution < 1.29 is 29.4 Å². The SMILES string of the molecule is Cc1ccc(C)c2c1CN1C(=O)N3Cc4c(C)ccc(C)c4CN4C(=O)N(C2)C1(c1ccc(C(=O)O)cc1)C34c1ccc(C(=O)O)cc1. The molecule has 4 heterocycles. The van der Waals surface area contributed by atoms with Crippen LogP contribution in [-0.4, -0.2) is 53.8 Å². The highest BCUT2D eigenvalue weighted by molar-refractivity contribution is 5.92. The van der Waals surface area contributed by atoms with Gasteiger partial charge in [-0.3, -0.25) is 19.6 Å². The van der Waals surface area contributed by atoms with Crippen LogP contribution in [0.5, 0.6) is 0 Å². The maximum Gasteiger partial charge on any atom is 0.335 e. The number of carboxylic acid groups (broad SMARTS) is 2. The zero-order valence-electron chi connectivity index (χ0n) is 27.1. The summed E-state index contributed by atoms with van der Waals surface area (Å²) in [5, 5.41) is 19.6. The van der Waals surface area contributed by atoms with Crippen LogP contribution in [-0.2, 0) is 37.5 Å². The largest absolute Gasteiger partial charge is 0.478 e. The monoisotopic (exact) mass is 642 g/mol. The predicted octanol–water partition coefficient (Wildman–Crippen LogP) is 6.23. The van der Waals surface area contributed by atoms with Gasteiger partial charge < -0.3 is 10.2 Å². The molecule has 242 valence electrons. The number of hydrogen-bond acceptors (Lipinski definition) is 4. The summed E-state index contributed by atoms with van der Waals surface area (Å²) in [7, 11) is 0. The molecular formula is C38H34N4O6. The number of benzene rings is 4. The van der Waals surface area contributed by atoms with Crippen molar-refractivity contribution in [2.75, 3.05) is 0 Å². The van der Waals surface area contributed by atoms with E-state index in [9.17, 15) is 19.8 Å². The molecule has 0 saturated carbocycles. The van der Waals surface area contributed by atoms with E-state index in [1.54, 1.807) is 43.9 Å². The van der Waals surface area contributed by atoms with Gasteiger partial charge in [-0.15, -0.1) is 0 Å². The molecule has 0 bridgehead atoms. The lowest BCUT2D eigenvalue weighted by Gasteiger charge is -2.49. The average molecular weight is 643 g/mol. The molecule has 0 radical (unpaired) electrons. The molecule has 0 atom stereocenters. The van der Waals surface area contributed by atoms with Gasteiger partial charge in [-0.25, -0.2) is 19.2 Å². The molecule has 0 spiro atoms. The number of hydrogen-bond donors (Lipinski definition) is 2. The van der Waals surface area contributed by atoms with Crippen LogP contribution in [0, 0.1) is 27.7 Å². The summed E-state index contributed by atoms with van der Waals surface area (Å²) in [5.74, 6) is -2.17. The number of amides is 4. The Bertz CT molecular complexity index is 1870. The molecule has 2 fully saturated rings. The van der Waals surface area contributed by atoms with Gasteiger partial charge in [0, 0.05) is 11.1 Å². The number of carboxylic acids is 2. The van der Waals surface area contributed by atoms with Crippen molar-refractivity contribution in [3.8, 4) is 0 Å². The molecule has 0 aromatic heterocycles. The molecule has 2 saturated heterocycles. The summed E-state index contributed by atoms with van der Waals surface area (Å²) in [6, 6.07) is 20.5. The van der Waals surface area contributed by atoms with Crippen molar-refractivity contribution in [1.29, 1.82) is 0 Å². The molecular weight excluding hydrogens is 608 g/mol. The van der Waals surface area contributed by atoms with Gasteiger partial charge in [0.1, 0.15) is 0 Å². The number of aromatic carboxylic acids is 2. The first-order chi connectivity index (χ1) is 22.9. The fourth-order valence-corrected chi connectivity index (χ4v) is 8.70. The smallest absolute Gasteiger partial charge is 0.335 e. The normalized spacial score (nSPS) is 22.2. The van der Waals surface area contributed by atoms with E-state index >= 15 is 9.59 Å². The Morgan fingerprint density at radius 3 is 0.958 bits per heavy atom. The summed E-state index contributed by atoms with van der Waals surface area (Å²) in [6.07, 6.45) is 0. The molecule has 48 heavy (non-hydrogen) atoms. The standard InChI is InChI=1S/C38H34N4O6/c1-21-5-6-22(2)30-18-40-36(48)42-20-32-24(4)8-7-23(3)31(32)19-41-35(47)39(17-29(21)30)37(40,27-13-9-25(10-14-27)33(43)44)38(41,42)28-15-11-26(12-16-28)34(45)46/h5-16H,17-20H2,1-4H3,(H,43,44)(H,45,46). The first-order valence-electron chi connectivity index (χ1n) is 15.9. The van der Waals surface area contributed by atoms with Gasteiger partial charge in [-0.2, -0.15) is 0 Å². The molecule has 0 unspecified atom stereocenters. The van der Waals surface area contributed by atoms with Crippen molar-refractivity contribution in [3.63, 3.8) is 0 Å². The van der Waals surface area contributed by atoms with Crippen molar-refractivity contribution in [1.82, 2.24) is 19.6 Å². The van der Waals surface area contributed by atoms with Gasteiger partial charge in [0.15, 0.2) is 11.3 Å². The molecule has 2 N–H and O–H groups in total. The third-order valence-corrected chi connectivity index (χ3v) is 11.1. The highest BCUT2D eigenvalue weighted by Crippen LogP contribution is 2.65. The Labute approximate surface area is 277 Å². The van der Waals surface area contributed by atoms with Gasteiger partial charge in [0.2, 0.25) is 0 Å². The molecule has 8 rings (SSSR count). The fourth-order valence-electron chi connectivity index (χ4n) is 8.70. The molecule has 4 aliphatic rings. The lowest BCUT2D eigenvalue weighted by molar-refractivity contribution is -0.0794. The molecule has 4 amide bonds. The summed E-state index contributed by atoms with van der Waals surface area (Å²) >= 11 is 0. The van der Waals surface area contributed by atoms with Gasteiger partial charge in [-0.1, -0.05) is 48.5 Å². The van der Waals surface area contributed by atoms with E-state index < -0.39 is 23.3 Å². The van der Waals surface area contributed by atoms with Crippen molar-refractivity contribution in [2.24, 2.45) is 0 Å². The van der Waals surface area contributed by atoms with Crippen LogP contribution in [0.1, 0.15) is 76.4 Å². The minimum Gasteiger partial charge on any atom is -0.478 e. The second kappa shape index (κ2) is 9.93. The Morgan fingerprint density at radius 2 is 0.729 bits per heavy atom. The summed E-state index contributed by atoms with van der Waals surface area (Å²) < 4.78 is 0. The number of aryl methyl sites for hydroxylation is 4. The second-order valence-corrected chi connectivity index (χ2v) is 13.3. The fraction of sp³-hybridized carbons (Fsp3) is 0.263. The van der Waals surface area contributed by atoms with E-state index in [0.29, 0.717) is 11.1 Å². The molecule has 4 aromatic rings. The summed E-state index contributed by atoms with van der Waals surface area (Å²) in [5.41, 5.74) is 6.31. The van der Waals surface area contributed by atoms with Crippen LogP contribution in [0.2, 0.25) is 0 Å². The number of rotatable bonds is 4. The lowest BCUT2D eigenvalue weighted by atomic mass is 9.79. The zero-order chi connectivity index (χ0) is 33.9. The van der Waals surface area contributed by atoms with E-state index in [4.69, 9.17) is 0 Å². The number of fused-ring (bicyclic) bond motifs is 2. The zero-order valence-corrected chi connectivity index (χ0v) is 27.1. The van der Waals surface area contributed by atoms with Crippen LogP contribution in [0.3, 0.4) is 0 Å². The molecule has 10 nitrogen and oxygen atoms in total. The average Bonchev–Trinajstić information content (AvgIpc) is 3.24. The van der Waals surface area contributed by atoms with E-state index in [1.807, 2.05) is 52.0 Å². The Hall–Kier alpha value is -5.64. The first-order valence-corrected chi connectivity index (χ1v) is 15.9. The highest BCUT2D eigenvalue weighted by atomic mass is 16.4. The van der Waals surface area contributed by atoms with Gasteiger partial charge in [-0.05, 0) is 96.5 Å². The maximum atomic E-state index is 15.4. The first kappa shape index (κ1) is 29.7.